The van der Waals surface area contributed by atoms with E-state index in [1.807, 2.05) is 36.4 Å². The average molecular weight is 417 g/mol. The van der Waals surface area contributed by atoms with Crippen molar-refractivity contribution in [1.29, 1.82) is 0 Å². The first kappa shape index (κ1) is 19.9. The highest BCUT2D eigenvalue weighted by Crippen LogP contribution is 2.23. The van der Waals surface area contributed by atoms with Crippen molar-refractivity contribution < 1.29 is 13.9 Å². The van der Waals surface area contributed by atoms with E-state index in [1.54, 1.807) is 6.21 Å². The smallest absolute Gasteiger partial charge is 0.430 e. The lowest BCUT2D eigenvalue weighted by Gasteiger charge is -2.32. The van der Waals surface area contributed by atoms with Crippen molar-refractivity contribution in [2.75, 3.05) is 46.3 Å². The van der Waals surface area contributed by atoms with Gasteiger partial charge in [-0.25, -0.2) is 4.79 Å². The van der Waals surface area contributed by atoms with Crippen LogP contribution in [0.5, 0.6) is 0 Å². The molecule has 2 saturated heterocycles. The highest BCUT2D eigenvalue weighted by molar-refractivity contribution is 6.30. The molecule has 1 unspecified atom stereocenters. The molecule has 2 aromatic rings. The van der Waals surface area contributed by atoms with Gasteiger partial charge in [0, 0.05) is 43.3 Å². The van der Waals surface area contributed by atoms with Gasteiger partial charge in [0.15, 0.2) is 0 Å². The van der Waals surface area contributed by atoms with E-state index in [0.29, 0.717) is 17.3 Å². The highest BCUT2D eigenvalue weighted by Gasteiger charge is 2.31. The second-order valence-corrected chi connectivity index (χ2v) is 7.91. The standard InChI is InChI=1S/C21H25ClN4O3/c1-24-10-12-25(13-11-24)9-8-19-15-26(21(27)29-19)23-14-18-6-7-20(28-18)16-2-4-17(22)5-3-16/h2-7,14,19H,8-13,15H2,1H3. The summed E-state index contributed by atoms with van der Waals surface area (Å²) >= 11 is 5.92. The Labute approximate surface area is 175 Å². The van der Waals surface area contributed by atoms with Crippen LogP contribution in [0.4, 0.5) is 4.79 Å². The molecule has 1 atom stereocenters. The van der Waals surface area contributed by atoms with Crippen molar-refractivity contribution in [1.82, 2.24) is 14.8 Å². The minimum Gasteiger partial charge on any atom is -0.455 e. The molecule has 154 valence electrons. The van der Waals surface area contributed by atoms with Crippen LogP contribution in [0, 0.1) is 0 Å². The number of amides is 1. The SMILES string of the molecule is CN1CCN(CCC2CN(N=Cc3ccc(-c4ccc(Cl)cc4)o3)C(=O)O2)CC1. The molecular formula is C21H25ClN4O3. The summed E-state index contributed by atoms with van der Waals surface area (Å²) in [6.07, 6.45) is 1.83. The van der Waals surface area contributed by atoms with Crippen LogP contribution >= 0.6 is 11.6 Å². The molecule has 2 aliphatic heterocycles. The Balaban J connectivity index is 1.29. The molecule has 8 heteroatoms. The second kappa shape index (κ2) is 8.98. The number of benzene rings is 1. The van der Waals surface area contributed by atoms with Crippen LogP contribution < -0.4 is 0 Å². The van der Waals surface area contributed by atoms with Gasteiger partial charge in [-0.05, 0) is 49.9 Å². The number of piperazine rings is 1. The van der Waals surface area contributed by atoms with E-state index >= 15 is 0 Å². The summed E-state index contributed by atoms with van der Waals surface area (Å²) in [5.41, 5.74) is 0.929. The van der Waals surface area contributed by atoms with Gasteiger partial charge >= 0.3 is 6.09 Å². The molecule has 1 amide bonds. The summed E-state index contributed by atoms with van der Waals surface area (Å²) in [6.45, 7) is 5.70. The molecule has 0 aliphatic carbocycles. The van der Waals surface area contributed by atoms with Gasteiger partial charge in [-0.1, -0.05) is 11.6 Å². The Morgan fingerprint density at radius 2 is 1.90 bits per heavy atom. The number of carbonyl (C=O) groups is 1. The third-order valence-corrected chi connectivity index (χ3v) is 5.55. The summed E-state index contributed by atoms with van der Waals surface area (Å²) in [5.74, 6) is 1.29. The molecule has 3 heterocycles. The number of nitrogens with zero attached hydrogens (tertiary/aromatic N) is 4. The molecule has 29 heavy (non-hydrogen) atoms. The molecule has 0 spiro atoms. The first-order valence-electron chi connectivity index (χ1n) is 9.85. The van der Waals surface area contributed by atoms with Gasteiger partial charge in [0.05, 0.1) is 12.8 Å². The predicted molar refractivity (Wildman–Crippen MR) is 112 cm³/mol. The number of furan rings is 1. The van der Waals surface area contributed by atoms with E-state index in [-0.39, 0.29) is 6.10 Å². The number of halogens is 1. The van der Waals surface area contributed by atoms with Gasteiger partial charge in [0.1, 0.15) is 17.6 Å². The van der Waals surface area contributed by atoms with Crippen LogP contribution in [0.2, 0.25) is 5.02 Å². The molecular weight excluding hydrogens is 392 g/mol. The number of hydrogen-bond acceptors (Lipinski definition) is 6. The quantitative estimate of drug-likeness (QED) is 0.675. The first-order chi connectivity index (χ1) is 14.1. The van der Waals surface area contributed by atoms with Gasteiger partial charge in [-0.2, -0.15) is 10.1 Å². The van der Waals surface area contributed by atoms with Gasteiger partial charge in [-0.3, -0.25) is 0 Å². The number of ether oxygens (including phenoxy) is 1. The van der Waals surface area contributed by atoms with E-state index in [1.165, 1.54) is 5.01 Å². The van der Waals surface area contributed by atoms with Crippen LogP contribution in [0.3, 0.4) is 0 Å². The van der Waals surface area contributed by atoms with Crippen molar-refractivity contribution in [3.63, 3.8) is 0 Å². The number of rotatable bonds is 6. The predicted octanol–water partition coefficient (Wildman–Crippen LogP) is 3.39. The lowest BCUT2D eigenvalue weighted by Crippen LogP contribution is -2.45. The first-order valence-corrected chi connectivity index (χ1v) is 10.2. The summed E-state index contributed by atoms with van der Waals surface area (Å²) in [4.78, 5) is 16.8. The monoisotopic (exact) mass is 416 g/mol. The maximum atomic E-state index is 12.1. The Kier molecular flexibility index (Phi) is 6.18. The van der Waals surface area contributed by atoms with Gasteiger partial charge in [0.25, 0.3) is 0 Å². The van der Waals surface area contributed by atoms with E-state index in [2.05, 4.69) is 21.9 Å². The summed E-state index contributed by atoms with van der Waals surface area (Å²) in [5, 5.41) is 6.29. The number of cyclic esters (lactones) is 1. The second-order valence-electron chi connectivity index (χ2n) is 7.47. The van der Waals surface area contributed by atoms with Crippen LogP contribution in [0.15, 0.2) is 45.9 Å². The van der Waals surface area contributed by atoms with E-state index in [0.717, 1.165) is 50.5 Å². The highest BCUT2D eigenvalue weighted by atomic mass is 35.5. The molecule has 7 nitrogen and oxygen atoms in total. The van der Waals surface area contributed by atoms with Crippen LogP contribution in [-0.4, -0.2) is 79.5 Å². The molecule has 0 saturated carbocycles. The van der Waals surface area contributed by atoms with Gasteiger partial charge < -0.3 is 19.0 Å². The summed E-state index contributed by atoms with van der Waals surface area (Å²) in [6, 6.07) is 11.1. The maximum absolute atomic E-state index is 12.1. The minimum atomic E-state index is -0.408. The van der Waals surface area contributed by atoms with Crippen LogP contribution in [-0.2, 0) is 4.74 Å². The summed E-state index contributed by atoms with van der Waals surface area (Å²) in [7, 11) is 2.14. The molecule has 0 radical (unpaired) electrons. The lowest BCUT2D eigenvalue weighted by atomic mass is 10.2. The average Bonchev–Trinajstić information content (AvgIpc) is 3.33. The van der Waals surface area contributed by atoms with Gasteiger partial charge in [-0.15, -0.1) is 0 Å². The molecule has 0 bridgehead atoms. The van der Waals surface area contributed by atoms with Crippen molar-refractivity contribution in [3.8, 4) is 11.3 Å². The third-order valence-electron chi connectivity index (χ3n) is 5.30. The Bertz CT molecular complexity index is 859. The maximum Gasteiger partial charge on any atom is 0.430 e. The molecule has 1 aromatic carbocycles. The number of hydrogen-bond donors (Lipinski definition) is 0. The fourth-order valence-electron chi connectivity index (χ4n) is 3.47. The van der Waals surface area contributed by atoms with E-state index in [4.69, 9.17) is 20.8 Å². The molecule has 2 fully saturated rings. The fourth-order valence-corrected chi connectivity index (χ4v) is 3.59. The van der Waals surface area contributed by atoms with E-state index in [9.17, 15) is 4.79 Å². The Morgan fingerprint density at radius 1 is 1.14 bits per heavy atom. The molecule has 0 N–H and O–H groups in total. The zero-order chi connectivity index (χ0) is 20.2. The third kappa shape index (κ3) is 5.18. The Morgan fingerprint density at radius 3 is 2.66 bits per heavy atom. The largest absolute Gasteiger partial charge is 0.455 e. The number of likely N-dealkylation sites (N-methyl/N-ethyl adjacent to an activating group) is 1. The normalized spacial score (nSPS) is 21.2. The van der Waals surface area contributed by atoms with E-state index < -0.39 is 6.09 Å². The Hall–Kier alpha value is -2.35. The lowest BCUT2D eigenvalue weighted by molar-refractivity contribution is 0.108. The molecule has 2 aliphatic rings. The van der Waals surface area contributed by atoms with Crippen molar-refractivity contribution in [3.05, 3.63) is 47.2 Å². The summed E-state index contributed by atoms with van der Waals surface area (Å²) < 4.78 is 11.2. The van der Waals surface area contributed by atoms with Crippen LogP contribution in [0.25, 0.3) is 11.3 Å². The zero-order valence-corrected chi connectivity index (χ0v) is 17.2. The topological polar surface area (TPSA) is 61.5 Å². The van der Waals surface area contributed by atoms with Crippen molar-refractivity contribution in [2.45, 2.75) is 12.5 Å². The minimum absolute atomic E-state index is 0.125. The fraction of sp³-hybridized carbons (Fsp3) is 0.429. The number of carbonyl (C=O) groups excluding carboxylic acids is 1. The van der Waals surface area contributed by atoms with Crippen LogP contribution in [0.1, 0.15) is 12.2 Å². The molecule has 4 rings (SSSR count). The molecule has 1 aromatic heterocycles. The zero-order valence-electron chi connectivity index (χ0n) is 16.5. The van der Waals surface area contributed by atoms with Crippen molar-refractivity contribution >= 4 is 23.9 Å². The number of hydrazone groups is 1. The van der Waals surface area contributed by atoms with Crippen molar-refractivity contribution in [2.24, 2.45) is 5.10 Å². The van der Waals surface area contributed by atoms with Gasteiger partial charge in [0.2, 0.25) is 0 Å².